The number of aliphatic hydroxyl groups excluding tert-OH is 2. The number of nitrogen functional groups attached to an aromatic ring is 1. The van der Waals surface area contributed by atoms with Gasteiger partial charge in [-0.15, -0.1) is 0 Å². The number of ether oxygens (including phenoxy) is 1. The molecular weight excluding hydrogens is 987 g/mol. The Morgan fingerprint density at radius 2 is 1.52 bits per heavy atom. The zero-order valence-electron chi connectivity index (χ0n) is 39.0. The van der Waals surface area contributed by atoms with Crippen molar-refractivity contribution in [2.75, 3.05) is 37.8 Å². The number of imidazole rings is 1. The lowest BCUT2D eigenvalue weighted by atomic mass is 9.87. The van der Waals surface area contributed by atoms with Crippen molar-refractivity contribution in [2.45, 2.75) is 135 Å². The molecule has 7 atom stereocenters. The van der Waals surface area contributed by atoms with E-state index in [1.165, 1.54) is 33.1 Å². The first kappa shape index (κ1) is 60.1. The van der Waals surface area contributed by atoms with E-state index in [4.69, 9.17) is 19.5 Å². The van der Waals surface area contributed by atoms with E-state index in [-0.39, 0.29) is 41.6 Å². The molecule has 390 valence electrons. The number of fused-ring (bicyclic) bond motifs is 1. The van der Waals surface area contributed by atoms with Gasteiger partial charge < -0.3 is 50.9 Å². The lowest BCUT2D eigenvalue weighted by Crippen LogP contribution is -2.46. The Morgan fingerprint density at radius 1 is 0.884 bits per heavy atom. The fourth-order valence-electron chi connectivity index (χ4n) is 6.61. The Hall–Kier alpha value is -3.22. The van der Waals surface area contributed by atoms with Gasteiger partial charge in [0.2, 0.25) is 11.8 Å². The standard InChI is InChI=1S/C41H68N7O17P3S/c1-4-5-6-7-8-9-10-11-12-13-14-15-16-17-18-19-20-21-32(50)69-25-24-43-31(49)22-23-44-39(53)36(52)41(2,3)27-62-68(59,60)65-67(57,58)61-26-30-35(64-66(54,55)56)34(51)40(63-30)48-29-47-33-37(42)45-28-46-38(33)48/h5-6,8-9,11-12,28-30,34-36,40,51-52H,4,7,10,13-27H2,1-3H3,(H,43,49)(H,44,53)(H,57,58)(H,59,60)(H2,42,45,46)(H2,54,55,56). The normalized spacial score (nSPS) is 20.2. The van der Waals surface area contributed by atoms with E-state index >= 15 is 0 Å². The Bertz CT molecular complexity index is 2170. The molecule has 1 aliphatic rings. The zero-order chi connectivity index (χ0) is 51.1. The van der Waals surface area contributed by atoms with Crippen molar-refractivity contribution in [3.05, 3.63) is 49.1 Å². The third kappa shape index (κ3) is 22.8. The Kier molecular flexibility index (Phi) is 26.1. The van der Waals surface area contributed by atoms with Gasteiger partial charge in [0.05, 0.1) is 19.5 Å². The van der Waals surface area contributed by atoms with Gasteiger partial charge in [0, 0.05) is 37.1 Å². The quantitative estimate of drug-likeness (QED) is 0.0252. The van der Waals surface area contributed by atoms with Gasteiger partial charge in [-0.05, 0) is 38.5 Å². The monoisotopic (exact) mass is 1060 g/mol. The maximum Gasteiger partial charge on any atom is 0.481 e. The van der Waals surface area contributed by atoms with Crippen LogP contribution in [0, 0.1) is 5.41 Å². The second kappa shape index (κ2) is 30.0. The molecule has 0 aliphatic carbocycles. The maximum absolute atomic E-state index is 12.7. The number of allylic oxidation sites excluding steroid dienone is 6. The fraction of sp³-hybridized carbons (Fsp3) is 0.659. The molecule has 2 aromatic heterocycles. The first-order chi connectivity index (χ1) is 32.6. The van der Waals surface area contributed by atoms with E-state index in [1.54, 1.807) is 0 Å². The summed E-state index contributed by atoms with van der Waals surface area (Å²) < 4.78 is 62.4. The van der Waals surface area contributed by atoms with Crippen LogP contribution in [0.3, 0.4) is 0 Å². The molecule has 24 nitrogen and oxygen atoms in total. The molecule has 10 N–H and O–H groups in total. The molecule has 69 heavy (non-hydrogen) atoms. The van der Waals surface area contributed by atoms with Crippen LogP contribution in [0.5, 0.6) is 0 Å². The van der Waals surface area contributed by atoms with Crippen LogP contribution in [-0.2, 0) is 50.7 Å². The average Bonchev–Trinajstić information content (AvgIpc) is 3.84. The van der Waals surface area contributed by atoms with Crippen LogP contribution in [0.1, 0.15) is 110 Å². The molecule has 3 rings (SSSR count). The van der Waals surface area contributed by atoms with Gasteiger partial charge in [-0.3, -0.25) is 32.5 Å². The third-order valence-corrected chi connectivity index (χ3v) is 14.3. The zero-order valence-corrected chi connectivity index (χ0v) is 42.5. The number of unbranched alkanes of at least 4 members (excludes halogenated alkanes) is 7. The number of carbonyl (C=O) groups excluding carboxylic acids is 3. The second-order valence-electron chi connectivity index (χ2n) is 16.6. The summed E-state index contributed by atoms with van der Waals surface area (Å²) in [6.45, 7) is 2.68. The van der Waals surface area contributed by atoms with E-state index in [9.17, 15) is 57.9 Å². The number of nitrogens with two attached hydrogens (primary N) is 1. The lowest BCUT2D eigenvalue weighted by Gasteiger charge is -2.30. The van der Waals surface area contributed by atoms with Gasteiger partial charge in [-0.25, -0.2) is 28.6 Å². The van der Waals surface area contributed by atoms with Crippen LogP contribution in [0.15, 0.2) is 49.1 Å². The summed E-state index contributed by atoms with van der Waals surface area (Å²) in [6, 6.07) is 0. The highest BCUT2D eigenvalue weighted by Gasteiger charge is 2.50. The fourth-order valence-corrected chi connectivity index (χ4v) is 10.2. The SMILES string of the molecule is CCC=CCC=CCC=CCCCCCCCCCC(=O)SCCNC(=O)CCNC(=O)C(O)C(C)(C)COP(=O)(O)OP(=O)(O)OCC1OC(n2cnc3c(N)ncnc32)C(O)C1OP(=O)(O)O. The van der Waals surface area contributed by atoms with Crippen LogP contribution in [-0.4, -0.2) is 123 Å². The van der Waals surface area contributed by atoms with Crippen molar-refractivity contribution in [3.63, 3.8) is 0 Å². The number of nitrogens with zero attached hydrogens (tertiary/aromatic N) is 4. The molecule has 0 bridgehead atoms. The van der Waals surface area contributed by atoms with Gasteiger partial charge in [-0.1, -0.05) is 101 Å². The molecule has 1 fully saturated rings. The Balaban J connectivity index is 1.28. The molecule has 2 aromatic rings. The number of rotatable bonds is 34. The first-order valence-electron chi connectivity index (χ1n) is 22.6. The summed E-state index contributed by atoms with van der Waals surface area (Å²) in [6.07, 6.45) is 18.5. The summed E-state index contributed by atoms with van der Waals surface area (Å²) in [7, 11) is -16.4. The van der Waals surface area contributed by atoms with Crippen LogP contribution < -0.4 is 16.4 Å². The van der Waals surface area contributed by atoms with Crippen molar-refractivity contribution in [3.8, 4) is 0 Å². The average molecular weight is 1060 g/mol. The number of hydrogen-bond acceptors (Lipinski definition) is 18. The molecule has 0 aromatic carbocycles. The van der Waals surface area contributed by atoms with Crippen molar-refractivity contribution in [2.24, 2.45) is 5.41 Å². The predicted molar refractivity (Wildman–Crippen MR) is 256 cm³/mol. The van der Waals surface area contributed by atoms with Crippen molar-refractivity contribution in [1.82, 2.24) is 30.2 Å². The minimum Gasteiger partial charge on any atom is -0.386 e. The molecule has 3 heterocycles. The van der Waals surface area contributed by atoms with Crippen LogP contribution in [0.25, 0.3) is 11.2 Å². The number of carbonyl (C=O) groups is 3. The largest absolute Gasteiger partial charge is 0.481 e. The van der Waals surface area contributed by atoms with Gasteiger partial charge in [-0.2, -0.15) is 4.31 Å². The molecule has 0 radical (unpaired) electrons. The molecule has 1 aliphatic heterocycles. The van der Waals surface area contributed by atoms with Crippen LogP contribution in [0.2, 0.25) is 0 Å². The summed E-state index contributed by atoms with van der Waals surface area (Å²) >= 11 is 1.15. The maximum atomic E-state index is 12.7. The molecular formula is C41H68N7O17P3S. The van der Waals surface area contributed by atoms with Gasteiger partial charge >= 0.3 is 23.5 Å². The summed E-state index contributed by atoms with van der Waals surface area (Å²) in [4.78, 5) is 88.4. The highest BCUT2D eigenvalue weighted by molar-refractivity contribution is 8.13. The number of phosphoric ester groups is 3. The number of phosphoric acid groups is 3. The van der Waals surface area contributed by atoms with E-state index in [2.05, 4.69) is 77.8 Å². The van der Waals surface area contributed by atoms with Crippen LogP contribution in [0.4, 0.5) is 5.82 Å². The number of thioether (sulfide) groups is 1. The van der Waals surface area contributed by atoms with Gasteiger partial charge in [0.1, 0.15) is 36.3 Å². The highest BCUT2D eigenvalue weighted by atomic mass is 32.2. The van der Waals surface area contributed by atoms with Crippen LogP contribution >= 0.6 is 35.2 Å². The minimum absolute atomic E-state index is 0.0321. The smallest absolute Gasteiger partial charge is 0.386 e. The first-order valence-corrected chi connectivity index (χ1v) is 28.1. The van der Waals surface area contributed by atoms with Crippen molar-refractivity contribution >= 4 is 69.1 Å². The lowest BCUT2D eigenvalue weighted by molar-refractivity contribution is -0.137. The third-order valence-electron chi connectivity index (χ3n) is 10.3. The Morgan fingerprint density at radius 3 is 2.20 bits per heavy atom. The Labute approximate surface area is 405 Å². The van der Waals surface area contributed by atoms with E-state index in [0.29, 0.717) is 12.2 Å². The number of aromatic nitrogens is 4. The summed E-state index contributed by atoms with van der Waals surface area (Å²) in [5, 5.41) is 26.7. The molecule has 0 saturated carbocycles. The van der Waals surface area contributed by atoms with E-state index in [0.717, 1.165) is 80.4 Å². The number of hydrogen-bond donors (Lipinski definition) is 9. The molecule has 2 amide bonds. The second-order valence-corrected chi connectivity index (χ2v) is 22.0. The summed E-state index contributed by atoms with van der Waals surface area (Å²) in [5.74, 6) is -1.04. The minimum atomic E-state index is -5.58. The number of anilines is 1. The van der Waals surface area contributed by atoms with Gasteiger partial charge in [0.15, 0.2) is 22.8 Å². The molecule has 1 saturated heterocycles. The number of nitrogens with one attached hydrogen (secondary N) is 2. The summed E-state index contributed by atoms with van der Waals surface area (Å²) in [5.41, 5.74) is 4.28. The van der Waals surface area contributed by atoms with E-state index < -0.39 is 84.6 Å². The predicted octanol–water partition coefficient (Wildman–Crippen LogP) is 5.03. The highest BCUT2D eigenvalue weighted by Crippen LogP contribution is 2.61. The van der Waals surface area contributed by atoms with Gasteiger partial charge in [0.25, 0.3) is 0 Å². The van der Waals surface area contributed by atoms with Crippen molar-refractivity contribution < 1.29 is 80.5 Å². The topological polar surface area (TPSA) is 364 Å². The molecule has 0 spiro atoms. The number of amides is 2. The molecule has 7 unspecified atom stereocenters. The van der Waals surface area contributed by atoms with E-state index in [1.807, 2.05) is 0 Å². The number of aliphatic hydroxyl groups is 2. The van der Waals surface area contributed by atoms with Crippen molar-refractivity contribution in [1.29, 1.82) is 0 Å². The molecule has 28 heteroatoms.